The van der Waals surface area contributed by atoms with Crippen molar-refractivity contribution in [3.63, 3.8) is 0 Å². The van der Waals surface area contributed by atoms with Gasteiger partial charge >= 0.3 is 7.60 Å². The Morgan fingerprint density at radius 3 is 2.38 bits per heavy atom. The summed E-state index contributed by atoms with van der Waals surface area (Å²) in [7, 11) is -3.13. The summed E-state index contributed by atoms with van der Waals surface area (Å²) >= 11 is 0. The van der Waals surface area contributed by atoms with Gasteiger partial charge in [-0.25, -0.2) is 0 Å². The molecule has 0 amide bonds. The molecule has 0 unspecified atom stereocenters. The summed E-state index contributed by atoms with van der Waals surface area (Å²) in [5.41, 5.74) is 2.24. The number of allylic oxidation sites excluding steroid dienone is 2. The molecule has 0 saturated carbocycles. The average molecular weight is 309 g/mol. The van der Waals surface area contributed by atoms with Gasteiger partial charge in [-0.15, -0.1) is 0 Å². The molecule has 5 heteroatoms. The third-order valence-electron chi connectivity index (χ3n) is 3.47. The van der Waals surface area contributed by atoms with Crippen LogP contribution >= 0.6 is 7.60 Å². The Bertz CT molecular complexity index is 518. The lowest BCUT2D eigenvalue weighted by atomic mass is 10.2. The highest BCUT2D eigenvalue weighted by Gasteiger charge is 2.34. The van der Waals surface area contributed by atoms with Gasteiger partial charge in [-0.05, 0) is 38.7 Å². The zero-order chi connectivity index (χ0) is 15.1. The quantitative estimate of drug-likeness (QED) is 0.721. The van der Waals surface area contributed by atoms with Crippen molar-refractivity contribution in [1.82, 2.24) is 5.32 Å². The van der Waals surface area contributed by atoms with Crippen LogP contribution in [0, 0.1) is 0 Å². The van der Waals surface area contributed by atoms with E-state index in [1.54, 1.807) is 0 Å². The highest BCUT2D eigenvalue weighted by Crippen LogP contribution is 2.60. The Balaban J connectivity index is 2.13. The fraction of sp³-hybridized carbons (Fsp3) is 0.500. The van der Waals surface area contributed by atoms with Crippen molar-refractivity contribution in [3.05, 3.63) is 46.9 Å². The molecule has 0 radical (unpaired) electrons. The molecule has 0 aliphatic heterocycles. The molecular formula is C16H24NO3P. The Hall–Kier alpha value is -1.09. The second-order valence-electron chi connectivity index (χ2n) is 4.95. The molecule has 1 aromatic rings. The van der Waals surface area contributed by atoms with Crippen molar-refractivity contribution in [1.29, 1.82) is 0 Å². The molecule has 21 heavy (non-hydrogen) atoms. The first kappa shape index (κ1) is 16.3. The van der Waals surface area contributed by atoms with Gasteiger partial charge in [0.05, 0.1) is 18.5 Å². The normalized spacial score (nSPS) is 15.5. The van der Waals surface area contributed by atoms with Crippen LogP contribution in [-0.4, -0.2) is 13.2 Å². The van der Waals surface area contributed by atoms with Gasteiger partial charge < -0.3 is 14.4 Å². The fourth-order valence-corrected chi connectivity index (χ4v) is 4.58. The molecule has 0 heterocycles. The first-order chi connectivity index (χ1) is 10.2. The minimum absolute atomic E-state index is 0.396. The van der Waals surface area contributed by atoms with Crippen molar-refractivity contribution >= 4 is 7.60 Å². The van der Waals surface area contributed by atoms with E-state index in [2.05, 4.69) is 17.4 Å². The number of hydrogen-bond donors (Lipinski definition) is 1. The lowest BCUT2D eigenvalue weighted by Gasteiger charge is -2.20. The first-order valence-electron chi connectivity index (χ1n) is 7.59. The SMILES string of the molecule is CCOP(=O)(OCC)C1=C(NCc2ccccc2)CCC1. The van der Waals surface area contributed by atoms with Gasteiger partial charge in [0.25, 0.3) is 0 Å². The van der Waals surface area contributed by atoms with Gasteiger partial charge in [0.15, 0.2) is 0 Å². The van der Waals surface area contributed by atoms with Crippen molar-refractivity contribution in [2.75, 3.05) is 13.2 Å². The summed E-state index contributed by atoms with van der Waals surface area (Å²) in [6.07, 6.45) is 2.69. The third-order valence-corrected chi connectivity index (χ3v) is 5.82. The van der Waals surface area contributed by atoms with E-state index in [0.29, 0.717) is 13.2 Å². The molecule has 1 N–H and O–H groups in total. The molecule has 116 valence electrons. The van der Waals surface area contributed by atoms with E-state index >= 15 is 0 Å². The Kier molecular flexibility index (Phi) is 6.04. The van der Waals surface area contributed by atoms with Crippen LogP contribution in [0.15, 0.2) is 41.3 Å². The van der Waals surface area contributed by atoms with Crippen molar-refractivity contribution in [2.24, 2.45) is 0 Å². The van der Waals surface area contributed by atoms with E-state index in [1.165, 1.54) is 5.56 Å². The minimum atomic E-state index is -3.13. The van der Waals surface area contributed by atoms with Gasteiger partial charge in [0.2, 0.25) is 0 Å². The van der Waals surface area contributed by atoms with Gasteiger partial charge in [0, 0.05) is 12.2 Å². The van der Waals surface area contributed by atoms with E-state index in [1.807, 2.05) is 32.0 Å². The molecule has 0 atom stereocenters. The Morgan fingerprint density at radius 1 is 1.10 bits per heavy atom. The smallest absolute Gasteiger partial charge is 0.359 e. The van der Waals surface area contributed by atoms with Gasteiger partial charge in [-0.2, -0.15) is 0 Å². The monoisotopic (exact) mass is 309 g/mol. The summed E-state index contributed by atoms with van der Waals surface area (Å²) in [5.74, 6) is 0. The average Bonchev–Trinajstić information content (AvgIpc) is 2.96. The fourth-order valence-electron chi connectivity index (χ4n) is 2.56. The van der Waals surface area contributed by atoms with Gasteiger partial charge in [-0.1, -0.05) is 30.3 Å². The van der Waals surface area contributed by atoms with Crippen LogP contribution in [0.1, 0.15) is 38.7 Å². The highest BCUT2D eigenvalue weighted by molar-refractivity contribution is 7.58. The molecule has 2 rings (SSSR count). The zero-order valence-electron chi connectivity index (χ0n) is 12.8. The number of hydrogen-bond acceptors (Lipinski definition) is 4. The molecule has 0 bridgehead atoms. The predicted molar refractivity (Wildman–Crippen MR) is 85.0 cm³/mol. The van der Waals surface area contributed by atoms with Crippen LogP contribution < -0.4 is 5.32 Å². The summed E-state index contributed by atoms with van der Waals surface area (Å²) in [6, 6.07) is 10.2. The maximum absolute atomic E-state index is 12.9. The lowest BCUT2D eigenvalue weighted by molar-refractivity contribution is 0.225. The van der Waals surface area contributed by atoms with Gasteiger partial charge in [0.1, 0.15) is 0 Å². The van der Waals surface area contributed by atoms with Gasteiger partial charge in [-0.3, -0.25) is 4.57 Å². The topological polar surface area (TPSA) is 47.6 Å². The molecule has 1 aliphatic rings. The number of nitrogens with one attached hydrogen (secondary N) is 1. The molecule has 1 aromatic carbocycles. The summed E-state index contributed by atoms with van der Waals surface area (Å²) < 4.78 is 23.8. The molecule has 0 aromatic heterocycles. The molecular weight excluding hydrogens is 285 g/mol. The van der Waals surface area contributed by atoms with Crippen LogP contribution in [0.5, 0.6) is 0 Å². The first-order valence-corrected chi connectivity index (χ1v) is 9.13. The van der Waals surface area contributed by atoms with Crippen molar-refractivity contribution in [2.45, 2.75) is 39.7 Å². The molecule has 1 aliphatic carbocycles. The predicted octanol–water partition coefficient (Wildman–Crippen LogP) is 4.44. The highest BCUT2D eigenvalue weighted by atomic mass is 31.2. The largest absolute Gasteiger partial charge is 0.384 e. The van der Waals surface area contributed by atoms with E-state index in [9.17, 15) is 4.57 Å². The van der Waals surface area contributed by atoms with Crippen molar-refractivity contribution < 1.29 is 13.6 Å². The summed E-state index contributed by atoms with van der Waals surface area (Å²) in [4.78, 5) is 0. The standard InChI is InChI=1S/C16H24NO3P/c1-3-19-21(18,20-4-2)16-12-8-11-15(16)17-13-14-9-6-5-7-10-14/h5-7,9-10,17H,3-4,8,11-13H2,1-2H3. The van der Waals surface area contributed by atoms with E-state index in [0.717, 1.165) is 36.8 Å². The number of rotatable bonds is 8. The van der Waals surface area contributed by atoms with Crippen LogP contribution in [0.3, 0.4) is 0 Å². The maximum atomic E-state index is 12.9. The third kappa shape index (κ3) is 4.19. The van der Waals surface area contributed by atoms with Crippen LogP contribution in [0.25, 0.3) is 0 Å². The second kappa shape index (κ2) is 7.79. The lowest BCUT2D eigenvalue weighted by Crippen LogP contribution is -2.13. The van der Waals surface area contributed by atoms with Crippen LogP contribution in [0.2, 0.25) is 0 Å². The van der Waals surface area contributed by atoms with Crippen LogP contribution in [-0.2, 0) is 20.2 Å². The zero-order valence-corrected chi connectivity index (χ0v) is 13.7. The molecule has 0 saturated heterocycles. The van der Waals surface area contributed by atoms with Crippen LogP contribution in [0.4, 0.5) is 0 Å². The van der Waals surface area contributed by atoms with Crippen molar-refractivity contribution in [3.8, 4) is 0 Å². The second-order valence-corrected chi connectivity index (χ2v) is 7.00. The van der Waals surface area contributed by atoms with E-state index in [4.69, 9.17) is 9.05 Å². The Morgan fingerprint density at radius 2 is 1.76 bits per heavy atom. The number of benzene rings is 1. The van der Waals surface area contributed by atoms with E-state index < -0.39 is 7.60 Å². The summed E-state index contributed by atoms with van der Waals surface area (Å²) in [5, 5.41) is 4.25. The minimum Gasteiger partial charge on any atom is -0.384 e. The Labute approximate surface area is 127 Å². The summed E-state index contributed by atoms with van der Waals surface area (Å²) in [6.45, 7) is 5.22. The maximum Gasteiger partial charge on any atom is 0.359 e. The molecule has 0 spiro atoms. The molecule has 0 fully saturated rings. The molecule has 4 nitrogen and oxygen atoms in total. The van der Waals surface area contributed by atoms with E-state index in [-0.39, 0.29) is 0 Å².